The SMILES string of the molecule is C=CCSc1c(S(=O)(=O)C=C)ccc(C(=O)c2c(C3CC3)[nH]n(C=C)c2=O)c1C=C. The molecule has 0 spiro atoms. The summed E-state index contributed by atoms with van der Waals surface area (Å²) in [6.45, 7) is 14.4. The normalized spacial score (nSPS) is 13.6. The number of sulfone groups is 1. The van der Waals surface area contributed by atoms with Crippen molar-refractivity contribution in [3.8, 4) is 0 Å². The number of nitrogens with one attached hydrogen (secondary N) is 1. The molecule has 1 aliphatic carbocycles. The number of H-pyrrole nitrogens is 1. The number of ketones is 1. The van der Waals surface area contributed by atoms with Crippen LogP contribution >= 0.6 is 11.8 Å². The molecular weight excluding hydrogens is 420 g/mol. The van der Waals surface area contributed by atoms with Crippen LogP contribution in [0.3, 0.4) is 0 Å². The molecular formula is C22H22N2O4S2. The highest BCUT2D eigenvalue weighted by molar-refractivity contribution is 8.00. The summed E-state index contributed by atoms with van der Waals surface area (Å²) in [5.74, 6) is 0.0792. The van der Waals surface area contributed by atoms with Crippen LogP contribution in [0.2, 0.25) is 0 Å². The van der Waals surface area contributed by atoms with Crippen LogP contribution in [-0.4, -0.2) is 29.7 Å². The smallest absolute Gasteiger partial charge is 0.282 e. The predicted octanol–water partition coefficient (Wildman–Crippen LogP) is 4.22. The number of carbonyl (C=O) groups is 1. The fraction of sp³-hybridized carbons (Fsp3) is 0.182. The van der Waals surface area contributed by atoms with E-state index in [1.54, 1.807) is 6.08 Å². The summed E-state index contributed by atoms with van der Waals surface area (Å²) in [4.78, 5) is 26.7. The Balaban J connectivity index is 2.26. The molecule has 8 heteroatoms. The van der Waals surface area contributed by atoms with Crippen molar-refractivity contribution in [1.29, 1.82) is 0 Å². The highest BCUT2D eigenvalue weighted by Gasteiger charge is 2.34. The van der Waals surface area contributed by atoms with E-state index in [1.807, 2.05) is 0 Å². The van der Waals surface area contributed by atoms with Gasteiger partial charge in [-0.25, -0.2) is 13.1 Å². The Kier molecular flexibility index (Phi) is 6.19. The number of aromatic nitrogens is 2. The third kappa shape index (κ3) is 3.80. The van der Waals surface area contributed by atoms with Crippen LogP contribution in [0, 0.1) is 0 Å². The van der Waals surface area contributed by atoms with Gasteiger partial charge in [0, 0.05) is 33.7 Å². The zero-order chi connectivity index (χ0) is 22.1. The largest absolute Gasteiger partial charge is 0.295 e. The van der Waals surface area contributed by atoms with Gasteiger partial charge in [0.25, 0.3) is 5.56 Å². The Morgan fingerprint density at radius 3 is 2.47 bits per heavy atom. The Morgan fingerprint density at radius 1 is 1.23 bits per heavy atom. The lowest BCUT2D eigenvalue weighted by Gasteiger charge is -2.14. The molecule has 0 bridgehead atoms. The molecule has 30 heavy (non-hydrogen) atoms. The summed E-state index contributed by atoms with van der Waals surface area (Å²) >= 11 is 1.23. The van der Waals surface area contributed by atoms with Gasteiger partial charge in [0.1, 0.15) is 5.56 Å². The van der Waals surface area contributed by atoms with Crippen molar-refractivity contribution in [3.05, 3.63) is 82.7 Å². The van der Waals surface area contributed by atoms with Crippen molar-refractivity contribution in [2.24, 2.45) is 0 Å². The zero-order valence-corrected chi connectivity index (χ0v) is 18.0. The lowest BCUT2D eigenvalue weighted by Crippen LogP contribution is -2.20. The maximum absolute atomic E-state index is 13.5. The molecule has 1 aromatic heterocycles. The van der Waals surface area contributed by atoms with Gasteiger partial charge in [0.15, 0.2) is 9.84 Å². The summed E-state index contributed by atoms with van der Waals surface area (Å²) in [7, 11) is -3.75. The number of hydrogen-bond acceptors (Lipinski definition) is 5. The second-order valence-electron chi connectivity index (χ2n) is 6.73. The molecule has 1 fully saturated rings. The first-order valence-corrected chi connectivity index (χ1v) is 11.8. The van der Waals surface area contributed by atoms with E-state index in [9.17, 15) is 18.0 Å². The van der Waals surface area contributed by atoms with E-state index in [0.29, 0.717) is 21.9 Å². The molecule has 0 atom stereocenters. The van der Waals surface area contributed by atoms with E-state index in [2.05, 4.69) is 31.4 Å². The van der Waals surface area contributed by atoms with Gasteiger partial charge >= 0.3 is 0 Å². The Hall–Kier alpha value is -2.84. The molecule has 1 aliphatic rings. The van der Waals surface area contributed by atoms with E-state index in [-0.39, 0.29) is 21.9 Å². The number of aromatic amines is 1. The molecule has 1 aromatic carbocycles. The van der Waals surface area contributed by atoms with Crippen LogP contribution in [0.4, 0.5) is 0 Å². The molecule has 1 N–H and O–H groups in total. The average Bonchev–Trinajstić information content (AvgIpc) is 3.53. The fourth-order valence-corrected chi connectivity index (χ4v) is 5.38. The molecule has 2 aromatic rings. The molecule has 0 amide bonds. The summed E-state index contributed by atoms with van der Waals surface area (Å²) in [6.07, 6.45) is 6.18. The minimum absolute atomic E-state index is 0.0378. The number of hydrogen-bond donors (Lipinski definition) is 1. The average molecular weight is 443 g/mol. The van der Waals surface area contributed by atoms with Crippen molar-refractivity contribution in [3.63, 3.8) is 0 Å². The Bertz CT molecular complexity index is 1230. The second-order valence-corrected chi connectivity index (χ2v) is 9.62. The van der Waals surface area contributed by atoms with Crippen LogP contribution in [0.25, 0.3) is 12.3 Å². The summed E-state index contributed by atoms with van der Waals surface area (Å²) in [5.41, 5.74) is 0.744. The second kappa shape index (κ2) is 8.49. The topological polar surface area (TPSA) is 89.0 Å². The molecule has 156 valence electrons. The van der Waals surface area contributed by atoms with Crippen molar-refractivity contribution in [2.45, 2.75) is 28.6 Å². The van der Waals surface area contributed by atoms with E-state index in [1.165, 1.54) is 40.9 Å². The van der Waals surface area contributed by atoms with Crippen molar-refractivity contribution >= 4 is 39.7 Å². The highest BCUT2D eigenvalue weighted by atomic mass is 32.2. The van der Waals surface area contributed by atoms with Gasteiger partial charge in [-0.05, 0) is 30.5 Å². The van der Waals surface area contributed by atoms with Gasteiger partial charge in [0.05, 0.1) is 10.6 Å². The molecule has 6 nitrogen and oxygen atoms in total. The molecule has 0 radical (unpaired) electrons. The molecule has 0 unspecified atom stereocenters. The Labute approximate surface area is 179 Å². The van der Waals surface area contributed by atoms with Crippen LogP contribution in [-0.2, 0) is 9.84 Å². The minimum atomic E-state index is -3.75. The highest BCUT2D eigenvalue weighted by Crippen LogP contribution is 2.41. The monoisotopic (exact) mass is 442 g/mol. The lowest BCUT2D eigenvalue weighted by atomic mass is 9.97. The first-order chi connectivity index (χ1) is 14.3. The zero-order valence-electron chi connectivity index (χ0n) is 16.4. The minimum Gasteiger partial charge on any atom is -0.295 e. The number of thioether (sulfide) groups is 1. The number of rotatable bonds is 10. The van der Waals surface area contributed by atoms with Crippen molar-refractivity contribution in [1.82, 2.24) is 9.78 Å². The molecule has 0 saturated heterocycles. The van der Waals surface area contributed by atoms with E-state index in [4.69, 9.17) is 0 Å². The first-order valence-electron chi connectivity index (χ1n) is 9.23. The van der Waals surface area contributed by atoms with Crippen LogP contribution in [0.5, 0.6) is 0 Å². The maximum Gasteiger partial charge on any atom is 0.282 e. The van der Waals surface area contributed by atoms with Gasteiger partial charge in [-0.3, -0.25) is 14.7 Å². The standard InChI is InChI=1S/C22H22N2O4S2/c1-5-13-29-21-15(6-2)16(11-12-17(21)30(27,28)8-4)20(25)18-19(14-9-10-14)23-24(7-3)22(18)26/h5-8,11-12,14,23H,1-4,9-10,13H2. The molecule has 0 aliphatic heterocycles. The number of nitrogens with zero attached hydrogens (tertiary/aromatic N) is 1. The number of carbonyl (C=O) groups excluding carboxylic acids is 1. The first kappa shape index (κ1) is 21.9. The van der Waals surface area contributed by atoms with Crippen molar-refractivity contribution < 1.29 is 13.2 Å². The molecule has 3 rings (SSSR count). The molecule has 1 heterocycles. The van der Waals surface area contributed by atoms with Gasteiger partial charge < -0.3 is 0 Å². The maximum atomic E-state index is 13.5. The predicted molar refractivity (Wildman–Crippen MR) is 122 cm³/mol. The van der Waals surface area contributed by atoms with Gasteiger partial charge in [-0.1, -0.05) is 31.9 Å². The van der Waals surface area contributed by atoms with Crippen LogP contribution in [0.15, 0.2) is 64.5 Å². The van der Waals surface area contributed by atoms with Crippen LogP contribution < -0.4 is 5.56 Å². The lowest BCUT2D eigenvalue weighted by molar-refractivity contribution is 0.103. The molecule has 1 saturated carbocycles. The number of benzene rings is 1. The van der Waals surface area contributed by atoms with E-state index < -0.39 is 21.2 Å². The van der Waals surface area contributed by atoms with Crippen molar-refractivity contribution in [2.75, 3.05) is 5.75 Å². The van der Waals surface area contributed by atoms with Gasteiger partial charge in [0.2, 0.25) is 5.78 Å². The summed E-state index contributed by atoms with van der Waals surface area (Å²) in [6, 6.07) is 2.80. The van der Waals surface area contributed by atoms with E-state index >= 15 is 0 Å². The third-order valence-electron chi connectivity index (χ3n) is 4.82. The fourth-order valence-electron chi connectivity index (χ4n) is 3.21. The Morgan fingerprint density at radius 2 is 1.93 bits per heavy atom. The summed E-state index contributed by atoms with van der Waals surface area (Å²) < 4.78 is 26.2. The van der Waals surface area contributed by atoms with Gasteiger partial charge in [-0.2, -0.15) is 0 Å². The van der Waals surface area contributed by atoms with Crippen LogP contribution in [0.1, 0.15) is 45.9 Å². The summed E-state index contributed by atoms with van der Waals surface area (Å²) in [5, 5.41) is 3.83. The quantitative estimate of drug-likeness (QED) is 0.338. The van der Waals surface area contributed by atoms with Gasteiger partial charge in [-0.15, -0.1) is 18.3 Å². The van der Waals surface area contributed by atoms with E-state index in [0.717, 1.165) is 18.2 Å². The third-order valence-corrected chi connectivity index (χ3v) is 7.47.